The lowest BCUT2D eigenvalue weighted by molar-refractivity contribution is -0.176. The van der Waals surface area contributed by atoms with Gasteiger partial charge in [-0.05, 0) is 0 Å². The fourth-order valence-corrected chi connectivity index (χ4v) is 0. The van der Waals surface area contributed by atoms with Crippen molar-refractivity contribution >= 4 is 10.1 Å². The van der Waals surface area contributed by atoms with E-state index in [9.17, 15) is 0 Å². The summed E-state index contributed by atoms with van der Waals surface area (Å²) in [4.78, 5) is 0. The lowest BCUT2D eigenvalue weighted by Gasteiger charge is -1.25. The molecule has 0 atom stereocenters. The second-order valence-corrected chi connectivity index (χ2v) is 0. The molecule has 0 aliphatic rings. The normalized spacial score (nSPS) is 2.50. The van der Waals surface area contributed by atoms with Crippen LogP contribution in [0.3, 0.4) is 0 Å². The van der Waals surface area contributed by atoms with E-state index in [1.807, 2.05) is 0 Å². The highest BCUT2D eigenvalue weighted by molar-refractivity contribution is 5.85. The van der Waals surface area contributed by atoms with Crippen molar-refractivity contribution in [1.29, 1.82) is 0 Å². The summed E-state index contributed by atoms with van der Waals surface area (Å²) in [5.74, 6) is 0. The third-order valence-corrected chi connectivity index (χ3v) is 0. The van der Waals surface area contributed by atoms with E-state index in [2.05, 4.69) is 0 Å². The van der Waals surface area contributed by atoms with Crippen molar-refractivity contribution in [3.05, 3.63) is 0 Å². The van der Waals surface area contributed by atoms with Gasteiger partial charge in [-0.3, -0.25) is 10.5 Å². The molecule has 0 rings (SSSR count). The van der Waals surface area contributed by atoms with E-state index in [1.54, 1.807) is 0 Å². The smallest absolute Gasteiger partial charge is 0.245 e. The summed E-state index contributed by atoms with van der Waals surface area (Å²) in [5.41, 5.74) is 0. The fraction of sp³-hybridized carbons (Fsp3) is 0. The molecule has 0 bridgehead atoms. The third kappa shape index (κ3) is 427. The number of hydrogen-bond donors (Lipinski definition) is 2. The third-order valence-electron chi connectivity index (χ3n) is 0. The van der Waals surface area contributed by atoms with Crippen LogP contribution in [-0.4, -0.2) is 20.6 Å². The molecule has 0 aromatic carbocycles. The van der Waals surface area contributed by atoms with Crippen molar-refractivity contribution < 1.29 is 15.0 Å². The molecule has 0 aliphatic carbocycles. The molecule has 3 nitrogen and oxygen atoms in total. The highest BCUT2D eigenvalue weighted by Gasteiger charge is 0.746. The van der Waals surface area contributed by atoms with E-state index in [0.29, 0.717) is 10.1 Å². The molecule has 4 heavy (non-hydrogen) atoms. The van der Waals surface area contributed by atoms with Crippen LogP contribution in [0, 0.1) is 0 Å². The van der Waals surface area contributed by atoms with Crippen LogP contribution in [0.5, 0.6) is 0 Å². The Kier molecular flexibility index (Phi) is 6260. The Morgan fingerprint density at radius 2 is 1.25 bits per heavy atom. The molecule has 0 fully saturated rings. The van der Waals surface area contributed by atoms with Gasteiger partial charge in [0.15, 0.2) is 0 Å². The first-order valence-corrected chi connectivity index (χ1v) is 1.07. The van der Waals surface area contributed by atoms with E-state index in [-0.39, 0.29) is 0 Å². The zero-order valence-corrected chi connectivity index (χ0v) is 3.42. The fourth-order valence-electron chi connectivity index (χ4n) is 0. The second-order valence-electron chi connectivity index (χ2n) is 0. The second kappa shape index (κ2) is 2770. The van der Waals surface area contributed by atoms with Gasteiger partial charge in [-0.1, -0.05) is 0 Å². The first-order chi connectivity index (χ1) is 2.00. The number of hydrogen-bond acceptors (Lipinski definition) is 3. The van der Waals surface area contributed by atoms with Crippen LogP contribution in [0.25, 0.3) is 0 Å². The molecule has 4 heteroatoms. The van der Waals surface area contributed by atoms with Crippen LogP contribution < -0.4 is 0 Å². The predicted molar refractivity (Wildman–Crippen MR) is 14.5 cm³/mol. The topological polar surface area (TPSA) is 57.5 Å². The molecule has 0 unspecified atom stereocenters. The van der Waals surface area contributed by atoms with Crippen molar-refractivity contribution in [3.8, 4) is 0 Å². The van der Waals surface area contributed by atoms with Crippen LogP contribution in [0.4, 0.5) is 0 Å². The molecule has 0 radical (unpaired) electrons. The highest BCUT2D eigenvalue weighted by atomic mass is 28.1. The zero-order chi connectivity index (χ0) is 4.00. The van der Waals surface area contributed by atoms with Crippen LogP contribution in [0.1, 0.15) is 0 Å². The molecule has 0 aromatic heterocycles. The summed E-state index contributed by atoms with van der Waals surface area (Å²) in [7, 11) is 0.611. The molecule has 26 valence electrons. The van der Waals surface area contributed by atoms with Crippen molar-refractivity contribution in [1.82, 2.24) is 0 Å². The predicted octanol–water partition coefficient (Wildman–Crippen LogP) is -1.02. The van der Waals surface area contributed by atoms with Crippen molar-refractivity contribution in [2.75, 3.05) is 0 Å². The molecular formula is H4O3Si. The van der Waals surface area contributed by atoms with Crippen molar-refractivity contribution in [2.45, 2.75) is 0 Å². The minimum atomic E-state index is 0.611. The molecule has 0 saturated carbocycles. The summed E-state index contributed by atoms with van der Waals surface area (Å²) in [6, 6.07) is 0. The van der Waals surface area contributed by atoms with Gasteiger partial charge in [0, 0.05) is 0 Å². The monoisotopic (exact) mass is 80.0 g/mol. The van der Waals surface area contributed by atoms with Crippen LogP contribution in [-0.2, 0) is 4.46 Å². The highest BCUT2D eigenvalue weighted by Crippen LogP contribution is 0.711. The number of rotatable bonds is 0. The van der Waals surface area contributed by atoms with Crippen molar-refractivity contribution in [3.63, 3.8) is 0 Å². The SMILES string of the molecule is O=[SiH2].OO. The maximum atomic E-state index is 8.28. The van der Waals surface area contributed by atoms with Crippen LogP contribution in [0.2, 0.25) is 0 Å². The molecule has 0 saturated heterocycles. The Morgan fingerprint density at radius 1 is 1.25 bits per heavy atom. The van der Waals surface area contributed by atoms with E-state index in [0.717, 1.165) is 0 Å². The van der Waals surface area contributed by atoms with Gasteiger partial charge in [0.2, 0.25) is 10.1 Å². The Balaban J connectivity index is 0. The van der Waals surface area contributed by atoms with E-state index in [1.165, 1.54) is 0 Å². The standard InChI is InChI=1S/H2O2.H2OSi/c2*1-2/h1-2H;2H2. The van der Waals surface area contributed by atoms with E-state index >= 15 is 0 Å². The Bertz CT molecular complexity index is 3.25. The summed E-state index contributed by atoms with van der Waals surface area (Å²) in [5, 5.41) is 12.0. The van der Waals surface area contributed by atoms with Gasteiger partial charge in [-0.25, -0.2) is 0 Å². The summed E-state index contributed by atoms with van der Waals surface area (Å²) in [6.07, 6.45) is 0. The molecule has 0 aromatic rings. The maximum absolute atomic E-state index is 8.28. The first-order valence-electron chi connectivity index (χ1n) is 0.489. The average Bonchev–Trinajstić information content (AvgIpc) is 1.50. The van der Waals surface area contributed by atoms with Crippen molar-refractivity contribution in [2.24, 2.45) is 0 Å². The lowest BCUT2D eigenvalue weighted by atomic mass is 15.0. The van der Waals surface area contributed by atoms with Crippen LogP contribution in [0.15, 0.2) is 0 Å². The molecule has 2 N–H and O–H groups in total. The average molecular weight is 80.1 g/mol. The van der Waals surface area contributed by atoms with Gasteiger partial charge >= 0.3 is 0 Å². The zero-order valence-electron chi connectivity index (χ0n) is 2.01. The first kappa shape index (κ1) is 9.05. The molecule has 0 aliphatic heterocycles. The van der Waals surface area contributed by atoms with Crippen LogP contribution >= 0.6 is 0 Å². The summed E-state index contributed by atoms with van der Waals surface area (Å²) in [6.45, 7) is 0. The van der Waals surface area contributed by atoms with Gasteiger partial charge in [0.05, 0.1) is 0 Å². The summed E-state index contributed by atoms with van der Waals surface area (Å²) < 4.78 is 8.28. The minimum Gasteiger partial charge on any atom is -0.396 e. The van der Waals surface area contributed by atoms with Gasteiger partial charge in [0.25, 0.3) is 0 Å². The lowest BCUT2D eigenvalue weighted by Crippen LogP contribution is -1.29. The minimum absolute atomic E-state index is 0.611. The largest absolute Gasteiger partial charge is 0.396 e. The maximum Gasteiger partial charge on any atom is 0.245 e. The Morgan fingerprint density at radius 3 is 1.25 bits per heavy atom. The molecular weight excluding hydrogens is 76.1 g/mol. The van der Waals surface area contributed by atoms with Gasteiger partial charge < -0.3 is 4.46 Å². The van der Waals surface area contributed by atoms with E-state index in [4.69, 9.17) is 15.0 Å². The quantitative estimate of drug-likeness (QED) is 0.222. The molecule has 0 spiro atoms. The van der Waals surface area contributed by atoms with Gasteiger partial charge in [-0.15, -0.1) is 0 Å². The van der Waals surface area contributed by atoms with Gasteiger partial charge in [-0.2, -0.15) is 0 Å². The Labute approximate surface area is 26.3 Å². The van der Waals surface area contributed by atoms with E-state index < -0.39 is 0 Å². The molecule has 0 amide bonds. The molecule has 0 heterocycles. The van der Waals surface area contributed by atoms with Gasteiger partial charge in [0.1, 0.15) is 0 Å². The summed E-state index contributed by atoms with van der Waals surface area (Å²) >= 11 is 0. The Hall–Kier alpha value is -0.0631.